The SMILES string of the molecule is COc1cc(N2CCCCC2)ccc1Nc1cc(Nc2ccccc2-n2cccn2)c(C(F)(F)F)cn1.COc1cc(N2CCOCC2)ccc1N.FC(F)(F)c1cnc(Cl)cc1Nc1ccccc1-n1cccn1. The Bertz CT molecular complexity index is 3110. The van der Waals surface area contributed by atoms with Gasteiger partial charge in [-0.1, -0.05) is 35.9 Å². The number of pyridine rings is 2. The average Bonchev–Trinajstić information content (AvgIpc) is 4.17. The number of nitrogens with one attached hydrogen (secondary N) is 3. The zero-order valence-corrected chi connectivity index (χ0v) is 41.5. The number of piperidine rings is 1. The van der Waals surface area contributed by atoms with Gasteiger partial charge in [0.1, 0.15) is 22.5 Å². The molecule has 2 saturated heterocycles. The van der Waals surface area contributed by atoms with Crippen LogP contribution in [0.5, 0.6) is 11.5 Å². The molecule has 4 aromatic carbocycles. The highest BCUT2D eigenvalue weighted by atomic mass is 35.5. The van der Waals surface area contributed by atoms with Gasteiger partial charge in [0.15, 0.2) is 0 Å². The van der Waals surface area contributed by atoms with Gasteiger partial charge in [-0.15, -0.1) is 0 Å². The number of nitrogen functional groups attached to an aromatic ring is 1. The van der Waals surface area contributed by atoms with Crippen LogP contribution in [0.1, 0.15) is 30.4 Å². The number of methoxy groups -OCH3 is 2. The summed E-state index contributed by atoms with van der Waals surface area (Å²) < 4.78 is 100. The lowest BCUT2D eigenvalue weighted by atomic mass is 10.1. The molecule has 2 aliphatic rings. The third-order valence-corrected chi connectivity index (χ3v) is 12.2. The van der Waals surface area contributed by atoms with E-state index >= 15 is 0 Å². The van der Waals surface area contributed by atoms with Crippen molar-refractivity contribution < 1.29 is 40.6 Å². The number of hydrogen-bond donors (Lipinski definition) is 4. The van der Waals surface area contributed by atoms with Crippen LogP contribution >= 0.6 is 11.6 Å². The second-order valence-corrected chi connectivity index (χ2v) is 17.3. The predicted octanol–water partition coefficient (Wildman–Crippen LogP) is 12.6. The summed E-state index contributed by atoms with van der Waals surface area (Å²) in [6, 6.07) is 31.5. The van der Waals surface area contributed by atoms with Gasteiger partial charge >= 0.3 is 12.4 Å². The molecule has 2 fully saturated rings. The van der Waals surface area contributed by atoms with Gasteiger partial charge in [-0.05, 0) is 86.0 Å². The first-order valence-electron chi connectivity index (χ1n) is 23.7. The molecule has 15 nitrogen and oxygen atoms in total. The minimum atomic E-state index is -4.59. The van der Waals surface area contributed by atoms with Gasteiger partial charge in [0.2, 0.25) is 0 Å². The zero-order valence-electron chi connectivity index (χ0n) is 40.7. The molecule has 10 rings (SSSR count). The molecule has 0 saturated carbocycles. The topological polar surface area (TPSA) is 158 Å². The third-order valence-electron chi connectivity index (χ3n) is 12.0. The molecule has 8 aromatic rings. The molecule has 0 spiro atoms. The maximum Gasteiger partial charge on any atom is 0.419 e. The number of nitrogens with zero attached hydrogens (tertiary/aromatic N) is 8. The standard InChI is InChI=1S/C27H27F3N6O.C15H10ClF3N4.C11H16N2O2/c1-37-25-16-19(35-13-5-2-6-14-35)10-11-22(25)34-26-17-23(20(18-31-26)27(28,29)30)33-21-8-3-4-9-24(21)36-15-7-12-32-36;16-14-8-12(10(9-20-14)15(17,18)19)22-11-4-1-2-5-13(11)23-7-3-6-21-23;1-14-11-8-9(2-3-10(11)12)13-4-6-15-7-5-13/h3-4,7-12,15-18H,2,5-6,13-14H2,1H3,(H2,31,33,34);1-9H,(H,20,22);2-3,8H,4-7,12H2,1H3. The first-order chi connectivity index (χ1) is 36.2. The molecule has 75 heavy (non-hydrogen) atoms. The van der Waals surface area contributed by atoms with Crippen molar-refractivity contribution in [1.82, 2.24) is 29.5 Å². The average molecular weight is 1060 g/mol. The van der Waals surface area contributed by atoms with Gasteiger partial charge < -0.3 is 45.7 Å². The van der Waals surface area contributed by atoms with Gasteiger partial charge in [0.05, 0.1) is 84.1 Å². The van der Waals surface area contributed by atoms with Crippen molar-refractivity contribution in [2.45, 2.75) is 31.6 Å². The number of alkyl halides is 6. The van der Waals surface area contributed by atoms with Crippen molar-refractivity contribution >= 4 is 62.9 Å². The molecule has 5 N–H and O–H groups in total. The van der Waals surface area contributed by atoms with Crippen molar-refractivity contribution in [2.75, 3.05) is 85.1 Å². The van der Waals surface area contributed by atoms with Gasteiger partial charge in [0, 0.05) is 92.9 Å². The monoisotopic (exact) mass is 1050 g/mol. The van der Waals surface area contributed by atoms with E-state index in [9.17, 15) is 26.3 Å². The third kappa shape index (κ3) is 13.7. The molecular formula is C53H53ClF6N12O3. The van der Waals surface area contributed by atoms with E-state index in [2.05, 4.69) is 45.9 Å². The maximum atomic E-state index is 13.9. The van der Waals surface area contributed by atoms with Crippen LogP contribution in [0.4, 0.5) is 77.7 Å². The van der Waals surface area contributed by atoms with Crippen LogP contribution in [0.15, 0.2) is 146 Å². The highest BCUT2D eigenvalue weighted by Gasteiger charge is 2.36. The van der Waals surface area contributed by atoms with E-state index in [1.165, 1.54) is 12.5 Å². The van der Waals surface area contributed by atoms with Crippen LogP contribution in [0.25, 0.3) is 11.4 Å². The van der Waals surface area contributed by atoms with Crippen LogP contribution in [-0.4, -0.2) is 83.1 Å². The van der Waals surface area contributed by atoms with E-state index in [0.717, 1.165) is 81.6 Å². The quantitative estimate of drug-likeness (QED) is 0.0521. The Balaban J connectivity index is 0.000000166. The Labute approximate surface area is 433 Å². The summed E-state index contributed by atoms with van der Waals surface area (Å²) in [6.45, 7) is 5.40. The van der Waals surface area contributed by atoms with E-state index in [1.807, 2.05) is 36.4 Å². The minimum Gasteiger partial charge on any atom is -0.495 e. The number of nitrogens with two attached hydrogens (primary N) is 1. The molecule has 6 heterocycles. The number of morpholine rings is 1. The van der Waals surface area contributed by atoms with Crippen molar-refractivity contribution in [2.24, 2.45) is 0 Å². The highest BCUT2D eigenvalue weighted by molar-refractivity contribution is 6.29. The minimum absolute atomic E-state index is 0.0305. The first-order valence-corrected chi connectivity index (χ1v) is 24.0. The highest BCUT2D eigenvalue weighted by Crippen LogP contribution is 2.40. The molecular weight excluding hydrogens is 1000 g/mol. The number of anilines is 9. The number of halogens is 7. The molecule has 0 bridgehead atoms. The van der Waals surface area contributed by atoms with Crippen LogP contribution in [0.3, 0.4) is 0 Å². The van der Waals surface area contributed by atoms with Crippen LogP contribution in [-0.2, 0) is 17.1 Å². The van der Waals surface area contributed by atoms with Crippen LogP contribution < -0.4 is 41.0 Å². The fourth-order valence-electron chi connectivity index (χ4n) is 8.27. The first kappa shape index (κ1) is 53.1. The smallest absolute Gasteiger partial charge is 0.419 e. The van der Waals surface area contributed by atoms with Crippen molar-refractivity contribution in [1.29, 1.82) is 0 Å². The normalized spacial score (nSPS) is 13.7. The molecule has 0 aliphatic carbocycles. The zero-order chi connectivity index (χ0) is 53.0. The lowest BCUT2D eigenvalue weighted by Gasteiger charge is -2.29. The Morgan fingerprint density at radius 1 is 0.560 bits per heavy atom. The van der Waals surface area contributed by atoms with Crippen molar-refractivity contribution in [3.63, 3.8) is 0 Å². The van der Waals surface area contributed by atoms with Crippen molar-refractivity contribution in [3.05, 3.63) is 163 Å². The van der Waals surface area contributed by atoms with E-state index in [4.69, 9.17) is 31.5 Å². The molecule has 2 aliphatic heterocycles. The van der Waals surface area contributed by atoms with Gasteiger partial charge in [-0.25, -0.2) is 19.3 Å². The summed E-state index contributed by atoms with van der Waals surface area (Å²) in [5.41, 5.74) is 9.33. The summed E-state index contributed by atoms with van der Waals surface area (Å²) in [7, 11) is 3.20. The number of para-hydroxylation sites is 4. The van der Waals surface area contributed by atoms with Gasteiger partial charge in [-0.3, -0.25) is 0 Å². The second kappa shape index (κ2) is 24.2. The Kier molecular flexibility index (Phi) is 17.2. The van der Waals surface area contributed by atoms with Crippen LogP contribution in [0.2, 0.25) is 5.15 Å². The fraction of sp³-hybridized carbons (Fsp3) is 0.245. The number of rotatable bonds is 12. The van der Waals surface area contributed by atoms with Gasteiger partial charge in [0.25, 0.3) is 0 Å². The summed E-state index contributed by atoms with van der Waals surface area (Å²) in [5.74, 6) is 1.57. The lowest BCUT2D eigenvalue weighted by molar-refractivity contribution is -0.138. The molecule has 0 amide bonds. The largest absolute Gasteiger partial charge is 0.495 e. The summed E-state index contributed by atoms with van der Waals surface area (Å²) >= 11 is 5.74. The fourth-order valence-corrected chi connectivity index (χ4v) is 8.43. The van der Waals surface area contributed by atoms with Crippen molar-refractivity contribution in [3.8, 4) is 22.9 Å². The molecule has 0 atom stereocenters. The summed E-state index contributed by atoms with van der Waals surface area (Å²) in [6.07, 6.45) is 2.55. The second-order valence-electron chi connectivity index (χ2n) is 16.9. The molecule has 0 radical (unpaired) electrons. The number of aromatic nitrogens is 6. The predicted molar refractivity (Wildman–Crippen MR) is 280 cm³/mol. The van der Waals surface area contributed by atoms with E-state index < -0.39 is 23.5 Å². The van der Waals surface area contributed by atoms with Crippen LogP contribution in [0, 0.1) is 0 Å². The maximum absolute atomic E-state index is 13.9. The number of hydrogen-bond acceptors (Lipinski definition) is 13. The van der Waals surface area contributed by atoms with Gasteiger partial charge in [-0.2, -0.15) is 36.5 Å². The Hall–Kier alpha value is -8.17. The summed E-state index contributed by atoms with van der Waals surface area (Å²) in [5, 5.41) is 17.1. The molecule has 4 aromatic heterocycles. The van der Waals surface area contributed by atoms with E-state index in [0.29, 0.717) is 46.1 Å². The molecule has 0 unspecified atom stereocenters. The summed E-state index contributed by atoms with van der Waals surface area (Å²) in [4.78, 5) is 12.1. The lowest BCUT2D eigenvalue weighted by Crippen LogP contribution is -2.36. The molecule has 392 valence electrons. The Morgan fingerprint density at radius 3 is 1.63 bits per heavy atom. The van der Waals surface area contributed by atoms with E-state index in [1.54, 1.807) is 109 Å². The number of benzene rings is 4. The Morgan fingerprint density at radius 2 is 1.08 bits per heavy atom. The molecule has 22 heteroatoms. The number of ether oxygens (including phenoxy) is 3. The van der Waals surface area contributed by atoms with E-state index in [-0.39, 0.29) is 22.3 Å².